The minimum absolute atomic E-state index is 0.233. The summed E-state index contributed by atoms with van der Waals surface area (Å²) in [4.78, 5) is 8.29. The summed E-state index contributed by atoms with van der Waals surface area (Å²) in [6.07, 6.45) is 0. The Morgan fingerprint density at radius 3 is 2.60 bits per heavy atom. The Morgan fingerprint density at radius 2 is 1.95 bits per heavy atom. The molecule has 1 heterocycles. The van der Waals surface area contributed by atoms with E-state index in [-0.39, 0.29) is 5.95 Å². The molecule has 0 atom stereocenters. The van der Waals surface area contributed by atoms with E-state index in [9.17, 15) is 0 Å². The predicted molar refractivity (Wildman–Crippen MR) is 81.6 cm³/mol. The number of anilines is 4. The summed E-state index contributed by atoms with van der Waals surface area (Å²) in [5.41, 5.74) is 7.72. The van der Waals surface area contributed by atoms with Crippen molar-refractivity contribution in [1.82, 2.24) is 9.97 Å². The molecule has 4 N–H and O–H groups in total. The number of nitrogens with two attached hydrogens (primary N) is 1. The van der Waals surface area contributed by atoms with Crippen molar-refractivity contribution in [2.24, 2.45) is 0 Å². The Labute approximate surface area is 118 Å². The highest BCUT2D eigenvalue weighted by molar-refractivity contribution is 5.64. The molecule has 1 aromatic heterocycles. The van der Waals surface area contributed by atoms with Gasteiger partial charge < -0.3 is 21.1 Å². The monoisotopic (exact) mass is 273 g/mol. The summed E-state index contributed by atoms with van der Waals surface area (Å²) < 4.78 is 5.19. The van der Waals surface area contributed by atoms with E-state index in [2.05, 4.69) is 20.6 Å². The first kappa shape index (κ1) is 13.9. The van der Waals surface area contributed by atoms with Crippen molar-refractivity contribution in [1.29, 1.82) is 0 Å². The number of benzene rings is 1. The summed E-state index contributed by atoms with van der Waals surface area (Å²) >= 11 is 0. The van der Waals surface area contributed by atoms with E-state index in [1.54, 1.807) is 7.11 Å². The van der Waals surface area contributed by atoms with E-state index in [4.69, 9.17) is 10.5 Å². The van der Waals surface area contributed by atoms with Gasteiger partial charge in [-0.15, -0.1) is 0 Å². The maximum atomic E-state index is 5.70. The number of ether oxygens (including phenoxy) is 1. The van der Waals surface area contributed by atoms with E-state index in [0.717, 1.165) is 23.5 Å². The molecule has 0 aliphatic heterocycles. The molecule has 6 heteroatoms. The summed E-state index contributed by atoms with van der Waals surface area (Å²) in [7, 11) is 1.65. The molecule has 0 unspecified atom stereocenters. The third-order valence-electron chi connectivity index (χ3n) is 2.80. The SMILES string of the molecule is CCNc1cc(Nc2ccc(OC)cc2C)nc(N)n1. The second kappa shape index (κ2) is 6.10. The number of nitrogen functional groups attached to an aromatic ring is 1. The molecule has 2 aromatic rings. The fourth-order valence-electron chi connectivity index (χ4n) is 1.84. The average molecular weight is 273 g/mol. The highest BCUT2D eigenvalue weighted by Gasteiger charge is 2.05. The van der Waals surface area contributed by atoms with Gasteiger partial charge in [0, 0.05) is 18.3 Å². The molecule has 6 nitrogen and oxygen atoms in total. The number of hydrogen-bond donors (Lipinski definition) is 3. The van der Waals surface area contributed by atoms with Crippen LogP contribution in [0.15, 0.2) is 24.3 Å². The van der Waals surface area contributed by atoms with E-state index in [1.165, 1.54) is 0 Å². The molecule has 0 amide bonds. The van der Waals surface area contributed by atoms with Gasteiger partial charge in [-0.2, -0.15) is 9.97 Å². The van der Waals surface area contributed by atoms with Crippen molar-refractivity contribution < 1.29 is 4.74 Å². The van der Waals surface area contributed by atoms with Crippen LogP contribution in [0.5, 0.6) is 5.75 Å². The zero-order valence-electron chi connectivity index (χ0n) is 11.9. The van der Waals surface area contributed by atoms with E-state index in [1.807, 2.05) is 38.1 Å². The number of rotatable bonds is 5. The molecule has 1 aromatic carbocycles. The standard InChI is InChI=1S/C14H19N5O/c1-4-16-12-8-13(19-14(15)18-12)17-11-6-5-10(20-3)7-9(11)2/h5-8H,4H2,1-3H3,(H4,15,16,17,18,19). The van der Waals surface area contributed by atoms with Crippen molar-refractivity contribution in [3.8, 4) is 5.75 Å². The molecule has 0 saturated heterocycles. The van der Waals surface area contributed by atoms with Gasteiger partial charge in [0.15, 0.2) is 0 Å². The number of nitrogens with zero attached hydrogens (tertiary/aromatic N) is 2. The Balaban J connectivity index is 2.25. The van der Waals surface area contributed by atoms with Crippen molar-refractivity contribution in [2.75, 3.05) is 30.0 Å². The second-order valence-corrected chi connectivity index (χ2v) is 4.33. The van der Waals surface area contributed by atoms with Crippen LogP contribution in [0.3, 0.4) is 0 Å². The zero-order chi connectivity index (χ0) is 14.5. The Kier molecular flexibility index (Phi) is 4.24. The van der Waals surface area contributed by atoms with Gasteiger partial charge >= 0.3 is 0 Å². The highest BCUT2D eigenvalue weighted by Crippen LogP contribution is 2.24. The lowest BCUT2D eigenvalue weighted by atomic mass is 10.2. The van der Waals surface area contributed by atoms with Gasteiger partial charge in [0.25, 0.3) is 0 Å². The smallest absolute Gasteiger partial charge is 0.223 e. The molecule has 0 aliphatic carbocycles. The van der Waals surface area contributed by atoms with Crippen molar-refractivity contribution in [3.63, 3.8) is 0 Å². The molecule has 0 aliphatic rings. The lowest BCUT2D eigenvalue weighted by molar-refractivity contribution is 0.414. The number of nitrogens with one attached hydrogen (secondary N) is 2. The van der Waals surface area contributed by atoms with Crippen LogP contribution in [-0.2, 0) is 0 Å². The first-order valence-electron chi connectivity index (χ1n) is 6.42. The van der Waals surface area contributed by atoms with Crippen molar-refractivity contribution in [3.05, 3.63) is 29.8 Å². The first-order chi connectivity index (χ1) is 9.62. The van der Waals surface area contributed by atoms with Gasteiger partial charge in [-0.25, -0.2) is 0 Å². The molecular formula is C14H19N5O. The Morgan fingerprint density at radius 1 is 1.20 bits per heavy atom. The summed E-state index contributed by atoms with van der Waals surface area (Å²) in [5, 5.41) is 6.35. The quantitative estimate of drug-likeness (QED) is 0.776. The second-order valence-electron chi connectivity index (χ2n) is 4.33. The lowest BCUT2D eigenvalue weighted by Crippen LogP contribution is -2.06. The van der Waals surface area contributed by atoms with E-state index >= 15 is 0 Å². The Bertz CT molecular complexity index is 600. The average Bonchev–Trinajstić information content (AvgIpc) is 2.41. The highest BCUT2D eigenvalue weighted by atomic mass is 16.5. The zero-order valence-corrected chi connectivity index (χ0v) is 11.9. The largest absolute Gasteiger partial charge is 0.497 e. The maximum absolute atomic E-state index is 5.70. The molecule has 0 spiro atoms. The maximum Gasteiger partial charge on any atom is 0.223 e. The topological polar surface area (TPSA) is 85.1 Å². The van der Waals surface area contributed by atoms with Crippen LogP contribution < -0.4 is 21.1 Å². The van der Waals surface area contributed by atoms with Crippen LogP contribution in [0.1, 0.15) is 12.5 Å². The molecule has 106 valence electrons. The van der Waals surface area contributed by atoms with Gasteiger partial charge in [-0.1, -0.05) is 0 Å². The number of methoxy groups -OCH3 is 1. The van der Waals surface area contributed by atoms with Gasteiger partial charge in [-0.05, 0) is 37.6 Å². The molecule has 0 fully saturated rings. The molecule has 0 saturated carbocycles. The molecule has 2 rings (SSSR count). The first-order valence-corrected chi connectivity index (χ1v) is 6.42. The van der Waals surface area contributed by atoms with Crippen LogP contribution in [0.25, 0.3) is 0 Å². The van der Waals surface area contributed by atoms with Gasteiger partial charge in [-0.3, -0.25) is 0 Å². The van der Waals surface area contributed by atoms with Crippen molar-refractivity contribution >= 4 is 23.3 Å². The fraction of sp³-hybridized carbons (Fsp3) is 0.286. The van der Waals surface area contributed by atoms with E-state index < -0.39 is 0 Å². The number of aromatic nitrogens is 2. The lowest BCUT2D eigenvalue weighted by Gasteiger charge is -2.12. The summed E-state index contributed by atoms with van der Waals surface area (Å²) in [6, 6.07) is 7.62. The van der Waals surface area contributed by atoms with Gasteiger partial charge in [0.2, 0.25) is 5.95 Å². The third-order valence-corrected chi connectivity index (χ3v) is 2.80. The van der Waals surface area contributed by atoms with Crippen LogP contribution in [-0.4, -0.2) is 23.6 Å². The third kappa shape index (κ3) is 3.28. The minimum Gasteiger partial charge on any atom is -0.497 e. The van der Waals surface area contributed by atoms with Crippen LogP contribution in [0, 0.1) is 6.92 Å². The fourth-order valence-corrected chi connectivity index (χ4v) is 1.84. The Hall–Kier alpha value is -2.50. The number of aryl methyl sites for hydroxylation is 1. The summed E-state index contributed by atoms with van der Waals surface area (Å²) in [6.45, 7) is 4.77. The van der Waals surface area contributed by atoms with Crippen molar-refractivity contribution in [2.45, 2.75) is 13.8 Å². The normalized spacial score (nSPS) is 10.2. The van der Waals surface area contributed by atoms with Gasteiger partial charge in [0.05, 0.1) is 7.11 Å². The minimum atomic E-state index is 0.233. The van der Waals surface area contributed by atoms with Crippen LogP contribution in [0.2, 0.25) is 0 Å². The molecule has 0 bridgehead atoms. The predicted octanol–water partition coefficient (Wildman–Crippen LogP) is 2.55. The van der Waals surface area contributed by atoms with E-state index in [0.29, 0.717) is 11.6 Å². The number of hydrogen-bond acceptors (Lipinski definition) is 6. The van der Waals surface area contributed by atoms with Gasteiger partial charge in [0.1, 0.15) is 17.4 Å². The summed E-state index contributed by atoms with van der Waals surface area (Å²) in [5.74, 6) is 2.41. The molecule has 20 heavy (non-hydrogen) atoms. The molecular weight excluding hydrogens is 254 g/mol. The van der Waals surface area contributed by atoms with Crippen LogP contribution >= 0.6 is 0 Å². The molecule has 0 radical (unpaired) electrons. The van der Waals surface area contributed by atoms with Crippen LogP contribution in [0.4, 0.5) is 23.3 Å².